The first-order valence-corrected chi connectivity index (χ1v) is 31.6. The van der Waals surface area contributed by atoms with E-state index in [-0.39, 0.29) is 19.3 Å². The van der Waals surface area contributed by atoms with Crippen molar-refractivity contribution in [2.45, 2.75) is 270 Å². The summed E-state index contributed by atoms with van der Waals surface area (Å²) in [5.41, 5.74) is 0. The van der Waals surface area contributed by atoms with Gasteiger partial charge in [0.05, 0.1) is 26.4 Å². The van der Waals surface area contributed by atoms with Crippen molar-refractivity contribution in [2.75, 3.05) is 39.6 Å². The van der Waals surface area contributed by atoms with Gasteiger partial charge in [-0.25, -0.2) is 9.13 Å². The summed E-state index contributed by atoms with van der Waals surface area (Å²) in [4.78, 5) is 57.9. The summed E-state index contributed by atoms with van der Waals surface area (Å²) in [7, 11) is -9.73. The van der Waals surface area contributed by atoms with Crippen molar-refractivity contribution >= 4 is 33.6 Å². The number of allylic oxidation sites excluding steroid dienone is 4. The van der Waals surface area contributed by atoms with Gasteiger partial charge >= 0.3 is 33.6 Å². The monoisotopic (exact) mass is 1080 g/mol. The predicted molar refractivity (Wildman–Crippen MR) is 289 cm³/mol. The van der Waals surface area contributed by atoms with E-state index in [0.29, 0.717) is 19.3 Å². The molecule has 73 heavy (non-hydrogen) atoms. The van der Waals surface area contributed by atoms with Crippen LogP contribution in [-0.4, -0.2) is 95.9 Å². The highest BCUT2D eigenvalue weighted by Crippen LogP contribution is 2.45. The first kappa shape index (κ1) is 71.0. The molecule has 0 aliphatic heterocycles. The molecule has 0 radical (unpaired) electrons. The molecule has 0 saturated carbocycles. The maximum absolute atomic E-state index is 12.8. The molecule has 16 nitrogen and oxygen atoms in total. The Hall–Kier alpha value is -1.97. The Morgan fingerprint density at radius 2 is 0.712 bits per heavy atom. The van der Waals surface area contributed by atoms with Crippen molar-refractivity contribution in [1.82, 2.24) is 0 Å². The van der Waals surface area contributed by atoms with Gasteiger partial charge in [-0.1, -0.05) is 212 Å². The minimum Gasteiger partial charge on any atom is -0.463 e. The highest BCUT2D eigenvalue weighted by molar-refractivity contribution is 7.47. The number of carbonyl (C=O) groups excluding carboxylic acids is 3. The van der Waals surface area contributed by atoms with E-state index in [1.54, 1.807) is 0 Å². The molecular formula is C55H104O16P2. The Morgan fingerprint density at radius 3 is 1.12 bits per heavy atom. The second-order valence-electron chi connectivity index (χ2n) is 19.5. The standard InChI is InChI=1S/C55H104O16P2/c1-4-7-10-13-16-19-22-24-27-29-32-35-38-41-53(58)65-44-50(56)45-67-72(61,62)68-46-51(57)47-69-73(63,64)70-49-52(71-55(60)43-40-37-34-31-26-21-18-15-12-9-6-3)48-66-54(59)42-39-36-33-30-28-25-23-20-17-14-11-8-5-2/h10,13,19,22,50-52,56-57H,4-9,11-12,14-18,20-21,23-49H2,1-3H3,(H,61,62)(H,63,64)/b13-10-,22-19-. The van der Waals surface area contributed by atoms with Gasteiger partial charge in [0, 0.05) is 19.3 Å². The molecule has 0 aromatic heterocycles. The second-order valence-corrected chi connectivity index (χ2v) is 22.4. The summed E-state index contributed by atoms with van der Waals surface area (Å²) in [6, 6.07) is 0. The molecule has 0 aromatic carbocycles. The quantitative estimate of drug-likeness (QED) is 0.0146. The molecule has 0 fully saturated rings. The van der Waals surface area contributed by atoms with Gasteiger partial charge in [-0.15, -0.1) is 0 Å². The summed E-state index contributed by atoms with van der Waals surface area (Å²) in [6.45, 7) is 2.58. The van der Waals surface area contributed by atoms with Gasteiger partial charge < -0.3 is 34.2 Å². The fraction of sp³-hybridized carbons (Fsp3) is 0.873. The van der Waals surface area contributed by atoms with Gasteiger partial charge in [0.25, 0.3) is 0 Å². The fourth-order valence-corrected chi connectivity index (χ4v) is 9.31. The SMILES string of the molecule is CCC/C=C\C/C=C\CCCCCCCC(=O)OCC(O)COP(=O)(O)OCC(O)COP(=O)(O)OCC(COC(=O)CCCCCCCCCCCCCCC)OC(=O)CCCCCCCCCCCCC. The molecule has 0 aliphatic rings. The lowest BCUT2D eigenvalue weighted by atomic mass is 10.0. The highest BCUT2D eigenvalue weighted by Gasteiger charge is 2.29. The van der Waals surface area contributed by atoms with E-state index < -0.39 is 91.5 Å². The van der Waals surface area contributed by atoms with Crippen molar-refractivity contribution in [3.05, 3.63) is 24.3 Å². The van der Waals surface area contributed by atoms with E-state index in [1.165, 1.54) is 96.3 Å². The molecule has 4 N–H and O–H groups in total. The first-order chi connectivity index (χ1) is 35.2. The molecule has 0 aromatic rings. The lowest BCUT2D eigenvalue weighted by Gasteiger charge is -2.21. The zero-order valence-electron chi connectivity index (χ0n) is 45.8. The molecule has 0 aliphatic carbocycles. The summed E-state index contributed by atoms with van der Waals surface area (Å²) >= 11 is 0. The number of rotatable bonds is 55. The minimum atomic E-state index is -4.90. The molecule has 430 valence electrons. The Morgan fingerprint density at radius 1 is 0.384 bits per heavy atom. The number of aliphatic hydroxyl groups is 2. The van der Waals surface area contributed by atoms with Crippen molar-refractivity contribution in [1.29, 1.82) is 0 Å². The van der Waals surface area contributed by atoms with Crippen LogP contribution in [0.1, 0.15) is 252 Å². The van der Waals surface area contributed by atoms with Crippen LogP contribution in [0.25, 0.3) is 0 Å². The maximum atomic E-state index is 12.8. The van der Waals surface area contributed by atoms with Gasteiger partial charge in [0.2, 0.25) is 0 Å². The van der Waals surface area contributed by atoms with E-state index in [1.807, 2.05) is 0 Å². The average molecular weight is 1080 g/mol. The molecule has 0 amide bonds. The van der Waals surface area contributed by atoms with Gasteiger partial charge in [0.15, 0.2) is 6.10 Å². The first-order valence-electron chi connectivity index (χ1n) is 28.6. The molecule has 18 heteroatoms. The Labute approximate surface area is 442 Å². The van der Waals surface area contributed by atoms with E-state index in [2.05, 4.69) is 45.1 Å². The van der Waals surface area contributed by atoms with Crippen LogP contribution in [0.5, 0.6) is 0 Å². The number of hydrogen-bond acceptors (Lipinski definition) is 14. The van der Waals surface area contributed by atoms with Gasteiger partial charge in [0.1, 0.15) is 25.4 Å². The Kier molecular flexibility index (Phi) is 49.5. The Balaban J connectivity index is 4.67. The van der Waals surface area contributed by atoms with E-state index >= 15 is 0 Å². The largest absolute Gasteiger partial charge is 0.472 e. The van der Waals surface area contributed by atoms with Crippen LogP contribution in [-0.2, 0) is 55.8 Å². The summed E-state index contributed by atoms with van der Waals surface area (Å²) in [5, 5.41) is 20.4. The fourth-order valence-electron chi connectivity index (χ4n) is 7.73. The van der Waals surface area contributed by atoms with Crippen LogP contribution in [0.2, 0.25) is 0 Å². The minimum absolute atomic E-state index is 0.113. The normalized spacial score (nSPS) is 14.8. The van der Waals surface area contributed by atoms with Gasteiger partial charge in [-0.05, 0) is 44.9 Å². The number of phosphoric ester groups is 2. The van der Waals surface area contributed by atoms with Crippen LogP contribution in [0.15, 0.2) is 24.3 Å². The summed E-state index contributed by atoms with van der Waals surface area (Å²) in [6.07, 6.45) is 41.2. The maximum Gasteiger partial charge on any atom is 0.472 e. The number of unbranched alkanes of at least 4 members (excludes halogenated alkanes) is 28. The van der Waals surface area contributed by atoms with Crippen molar-refractivity contribution in [3.63, 3.8) is 0 Å². The molecule has 5 unspecified atom stereocenters. The molecule has 0 saturated heterocycles. The predicted octanol–water partition coefficient (Wildman–Crippen LogP) is 14.2. The van der Waals surface area contributed by atoms with Crippen molar-refractivity contribution in [2.24, 2.45) is 0 Å². The molecule has 0 spiro atoms. The molecular weight excluding hydrogens is 979 g/mol. The zero-order valence-corrected chi connectivity index (χ0v) is 47.6. The highest BCUT2D eigenvalue weighted by atomic mass is 31.2. The lowest BCUT2D eigenvalue weighted by molar-refractivity contribution is -0.161. The number of aliphatic hydroxyl groups excluding tert-OH is 2. The number of esters is 3. The van der Waals surface area contributed by atoms with Crippen LogP contribution in [0, 0.1) is 0 Å². The van der Waals surface area contributed by atoms with Gasteiger partial charge in [-0.3, -0.25) is 32.5 Å². The third kappa shape index (κ3) is 51.9. The number of ether oxygens (including phenoxy) is 3. The molecule has 5 atom stereocenters. The molecule has 0 rings (SSSR count). The van der Waals surface area contributed by atoms with E-state index in [4.69, 9.17) is 32.3 Å². The number of hydrogen-bond donors (Lipinski definition) is 4. The van der Waals surface area contributed by atoms with E-state index in [9.17, 15) is 43.5 Å². The lowest BCUT2D eigenvalue weighted by Crippen LogP contribution is -2.30. The second kappa shape index (κ2) is 50.8. The van der Waals surface area contributed by atoms with E-state index in [0.717, 1.165) is 96.3 Å². The van der Waals surface area contributed by atoms with Crippen molar-refractivity contribution in [3.8, 4) is 0 Å². The van der Waals surface area contributed by atoms with Crippen LogP contribution >= 0.6 is 15.6 Å². The third-order valence-electron chi connectivity index (χ3n) is 12.2. The number of phosphoric acid groups is 2. The van der Waals surface area contributed by atoms with Crippen molar-refractivity contribution < 1.29 is 75.8 Å². The molecule has 0 bridgehead atoms. The Bertz CT molecular complexity index is 1460. The zero-order chi connectivity index (χ0) is 53.9. The number of carbonyl (C=O) groups is 3. The van der Waals surface area contributed by atoms with Crippen LogP contribution in [0.3, 0.4) is 0 Å². The summed E-state index contributed by atoms with van der Waals surface area (Å²) < 4.78 is 60.4. The van der Waals surface area contributed by atoms with Gasteiger partial charge in [-0.2, -0.15) is 0 Å². The smallest absolute Gasteiger partial charge is 0.463 e. The third-order valence-corrected chi connectivity index (χ3v) is 14.1. The average Bonchev–Trinajstić information content (AvgIpc) is 3.36. The van der Waals surface area contributed by atoms with Crippen LogP contribution in [0.4, 0.5) is 0 Å². The topological polar surface area (TPSA) is 231 Å². The summed E-state index contributed by atoms with van der Waals surface area (Å²) in [5.74, 6) is -1.57. The molecule has 0 heterocycles. The van der Waals surface area contributed by atoms with Crippen LogP contribution < -0.4 is 0 Å².